The third-order valence-corrected chi connectivity index (χ3v) is 5.68. The van der Waals surface area contributed by atoms with E-state index in [-0.39, 0.29) is 41.7 Å². The number of aliphatic hydroxyl groups excluding tert-OH is 1. The van der Waals surface area contributed by atoms with Crippen molar-refractivity contribution in [2.45, 2.75) is 87.5 Å². The second-order valence-corrected chi connectivity index (χ2v) is 10.0. The standard InChI is InChI=1S/C26H40O4/c1-16(2)9-10-20-23(28)22(21(27)15-19(7)8)25(30)26(24(20)29,13-11-17(3)4)14-12-18(5)6/h9,11,18-20,30H,10,12-15H2,1-8H3. The lowest BCUT2D eigenvalue weighted by Crippen LogP contribution is -2.48. The molecule has 1 aliphatic rings. The van der Waals surface area contributed by atoms with E-state index in [2.05, 4.69) is 13.8 Å². The first-order chi connectivity index (χ1) is 13.8. The first-order valence-electron chi connectivity index (χ1n) is 11.2. The number of ketones is 3. The average molecular weight is 417 g/mol. The molecule has 0 bridgehead atoms. The number of hydrogen-bond donors (Lipinski definition) is 1. The molecule has 0 fully saturated rings. The average Bonchev–Trinajstić information content (AvgIpc) is 2.60. The van der Waals surface area contributed by atoms with E-state index in [1.807, 2.05) is 53.7 Å². The summed E-state index contributed by atoms with van der Waals surface area (Å²) in [6, 6.07) is 0. The maximum atomic E-state index is 13.7. The number of aliphatic hydroxyl groups is 1. The molecule has 0 aliphatic heterocycles. The predicted molar refractivity (Wildman–Crippen MR) is 122 cm³/mol. The van der Waals surface area contributed by atoms with Gasteiger partial charge in [-0.3, -0.25) is 14.4 Å². The molecule has 1 N–H and O–H groups in total. The van der Waals surface area contributed by atoms with Crippen LogP contribution in [-0.2, 0) is 14.4 Å². The number of carbonyl (C=O) groups excluding carboxylic acids is 3. The highest BCUT2D eigenvalue weighted by Gasteiger charge is 2.53. The normalized spacial score (nSPS) is 22.0. The van der Waals surface area contributed by atoms with Gasteiger partial charge in [0, 0.05) is 6.42 Å². The van der Waals surface area contributed by atoms with E-state index in [0.717, 1.165) is 17.6 Å². The van der Waals surface area contributed by atoms with E-state index < -0.39 is 17.1 Å². The van der Waals surface area contributed by atoms with Crippen LogP contribution < -0.4 is 0 Å². The van der Waals surface area contributed by atoms with E-state index in [1.165, 1.54) is 0 Å². The molecule has 0 aromatic heterocycles. The van der Waals surface area contributed by atoms with Gasteiger partial charge in [-0.1, -0.05) is 51.0 Å². The molecule has 0 saturated carbocycles. The summed E-state index contributed by atoms with van der Waals surface area (Å²) in [4.78, 5) is 40.0. The van der Waals surface area contributed by atoms with Gasteiger partial charge >= 0.3 is 0 Å². The van der Waals surface area contributed by atoms with Crippen LogP contribution in [0, 0.1) is 23.2 Å². The van der Waals surface area contributed by atoms with Crippen LogP contribution in [0.15, 0.2) is 34.6 Å². The third-order valence-electron chi connectivity index (χ3n) is 5.68. The number of hydrogen-bond acceptors (Lipinski definition) is 4. The van der Waals surface area contributed by atoms with Crippen LogP contribution in [0.5, 0.6) is 0 Å². The fourth-order valence-electron chi connectivity index (χ4n) is 3.86. The molecule has 0 amide bonds. The van der Waals surface area contributed by atoms with Gasteiger partial charge in [-0.05, 0) is 65.2 Å². The van der Waals surface area contributed by atoms with Gasteiger partial charge in [0.15, 0.2) is 17.3 Å². The molecule has 168 valence electrons. The summed E-state index contributed by atoms with van der Waals surface area (Å²) in [7, 11) is 0. The Kier molecular flexibility index (Phi) is 9.45. The first-order valence-corrected chi connectivity index (χ1v) is 11.2. The van der Waals surface area contributed by atoms with Crippen molar-refractivity contribution in [3.05, 3.63) is 34.6 Å². The summed E-state index contributed by atoms with van der Waals surface area (Å²) in [5.74, 6) is -1.94. The summed E-state index contributed by atoms with van der Waals surface area (Å²) in [6.45, 7) is 15.7. The number of Topliss-reactive ketones (excluding diaryl/α,β-unsaturated/α-hetero) is 3. The van der Waals surface area contributed by atoms with E-state index >= 15 is 0 Å². The first kappa shape index (κ1) is 26.1. The minimum atomic E-state index is -1.21. The molecular formula is C26H40O4. The summed E-state index contributed by atoms with van der Waals surface area (Å²) < 4.78 is 0. The van der Waals surface area contributed by atoms with Crippen molar-refractivity contribution in [3.8, 4) is 0 Å². The van der Waals surface area contributed by atoms with Crippen LogP contribution >= 0.6 is 0 Å². The second-order valence-electron chi connectivity index (χ2n) is 10.0. The largest absolute Gasteiger partial charge is 0.510 e. The molecule has 0 saturated heterocycles. The zero-order chi connectivity index (χ0) is 23.2. The Bertz CT molecular complexity index is 756. The molecule has 0 spiro atoms. The van der Waals surface area contributed by atoms with Crippen LogP contribution in [0.3, 0.4) is 0 Å². The van der Waals surface area contributed by atoms with Crippen molar-refractivity contribution in [1.82, 2.24) is 0 Å². The number of rotatable bonds is 10. The zero-order valence-electron chi connectivity index (χ0n) is 20.1. The molecule has 4 nitrogen and oxygen atoms in total. The highest BCUT2D eigenvalue weighted by molar-refractivity contribution is 6.29. The minimum Gasteiger partial charge on any atom is -0.510 e. The van der Waals surface area contributed by atoms with Crippen LogP contribution in [0.1, 0.15) is 87.5 Å². The fraction of sp³-hybridized carbons (Fsp3) is 0.654. The van der Waals surface area contributed by atoms with Crippen molar-refractivity contribution in [2.24, 2.45) is 23.2 Å². The Morgan fingerprint density at radius 1 is 1.00 bits per heavy atom. The van der Waals surface area contributed by atoms with Crippen LogP contribution in [0.4, 0.5) is 0 Å². The Labute approximate surface area is 182 Å². The molecule has 0 aromatic rings. The lowest BCUT2D eigenvalue weighted by molar-refractivity contribution is -0.141. The summed E-state index contributed by atoms with van der Waals surface area (Å²) in [6.07, 6.45) is 5.72. The molecule has 0 heterocycles. The Balaban J connectivity index is 3.71. The highest BCUT2D eigenvalue weighted by atomic mass is 16.3. The second kappa shape index (κ2) is 10.9. The van der Waals surface area contributed by atoms with Crippen molar-refractivity contribution in [2.75, 3.05) is 0 Å². The maximum absolute atomic E-state index is 13.7. The van der Waals surface area contributed by atoms with E-state index in [0.29, 0.717) is 18.8 Å². The summed E-state index contributed by atoms with van der Waals surface area (Å²) >= 11 is 0. The van der Waals surface area contributed by atoms with Gasteiger partial charge in [0.25, 0.3) is 0 Å². The Morgan fingerprint density at radius 2 is 1.57 bits per heavy atom. The fourth-order valence-corrected chi connectivity index (χ4v) is 3.86. The summed E-state index contributed by atoms with van der Waals surface area (Å²) in [5.41, 5.74) is 0.701. The molecule has 0 radical (unpaired) electrons. The van der Waals surface area contributed by atoms with E-state index in [1.54, 1.807) is 0 Å². The molecule has 30 heavy (non-hydrogen) atoms. The minimum absolute atomic E-state index is 0.0577. The van der Waals surface area contributed by atoms with Gasteiger partial charge in [0.1, 0.15) is 5.76 Å². The zero-order valence-corrected chi connectivity index (χ0v) is 20.1. The van der Waals surface area contributed by atoms with Gasteiger partial charge in [0.2, 0.25) is 0 Å². The van der Waals surface area contributed by atoms with Gasteiger partial charge in [-0.2, -0.15) is 0 Å². The van der Waals surface area contributed by atoms with Crippen molar-refractivity contribution in [1.29, 1.82) is 0 Å². The predicted octanol–water partition coefficient (Wildman–Crippen LogP) is 6.32. The Morgan fingerprint density at radius 3 is 2.03 bits per heavy atom. The quantitative estimate of drug-likeness (QED) is 0.257. The number of allylic oxidation sites excluding steroid dienone is 6. The molecule has 4 heteroatoms. The van der Waals surface area contributed by atoms with Gasteiger partial charge < -0.3 is 5.11 Å². The van der Waals surface area contributed by atoms with E-state index in [9.17, 15) is 19.5 Å². The maximum Gasteiger partial charge on any atom is 0.180 e. The van der Waals surface area contributed by atoms with Gasteiger partial charge in [-0.15, -0.1) is 0 Å². The number of carbonyl (C=O) groups is 3. The van der Waals surface area contributed by atoms with Crippen molar-refractivity contribution >= 4 is 17.3 Å². The monoisotopic (exact) mass is 416 g/mol. The molecule has 0 aromatic carbocycles. The SMILES string of the molecule is CC(C)=CCC1C(=O)C(C(=O)CC(C)C)=C(O)C(CC=C(C)C)(CCC(C)C)C1=O. The molecule has 2 unspecified atom stereocenters. The van der Waals surface area contributed by atoms with E-state index in [4.69, 9.17) is 0 Å². The van der Waals surface area contributed by atoms with Gasteiger partial charge in [-0.25, -0.2) is 0 Å². The molecular weight excluding hydrogens is 376 g/mol. The van der Waals surface area contributed by atoms with Crippen LogP contribution in [0.2, 0.25) is 0 Å². The van der Waals surface area contributed by atoms with Crippen molar-refractivity contribution < 1.29 is 19.5 Å². The van der Waals surface area contributed by atoms with Crippen LogP contribution in [0.25, 0.3) is 0 Å². The van der Waals surface area contributed by atoms with Crippen molar-refractivity contribution in [3.63, 3.8) is 0 Å². The Hall–Kier alpha value is -1.97. The van der Waals surface area contributed by atoms with Gasteiger partial charge in [0.05, 0.1) is 16.9 Å². The third kappa shape index (κ3) is 6.26. The lowest BCUT2D eigenvalue weighted by Gasteiger charge is -2.39. The topological polar surface area (TPSA) is 71.4 Å². The summed E-state index contributed by atoms with van der Waals surface area (Å²) in [5, 5.41) is 11.3. The smallest absolute Gasteiger partial charge is 0.180 e. The molecule has 1 aliphatic carbocycles. The highest BCUT2D eigenvalue weighted by Crippen LogP contribution is 2.47. The lowest BCUT2D eigenvalue weighted by atomic mass is 9.62. The molecule has 1 rings (SSSR count). The van der Waals surface area contributed by atoms with Crippen LogP contribution in [-0.4, -0.2) is 22.5 Å². The molecule has 2 atom stereocenters.